The van der Waals surface area contributed by atoms with Gasteiger partial charge in [0.2, 0.25) is 5.90 Å². The maximum atomic E-state index is 12.0. The highest BCUT2D eigenvalue weighted by atomic mass is 16.6. The maximum absolute atomic E-state index is 12.0. The normalized spacial score (nSPS) is 15.1. The fraction of sp³-hybridized carbons (Fsp3) is 0.200. The van der Waals surface area contributed by atoms with Crippen molar-refractivity contribution < 1.29 is 19.0 Å². The lowest BCUT2D eigenvalue weighted by Crippen LogP contribution is -2.07. The van der Waals surface area contributed by atoms with Gasteiger partial charge in [-0.15, -0.1) is 0 Å². The molecule has 25 heavy (non-hydrogen) atoms. The molecule has 0 aliphatic carbocycles. The van der Waals surface area contributed by atoms with Gasteiger partial charge in [-0.05, 0) is 36.3 Å². The summed E-state index contributed by atoms with van der Waals surface area (Å²) in [5.74, 6) is 1.21. The van der Waals surface area contributed by atoms with Crippen LogP contribution in [0.2, 0.25) is 0 Å². The number of rotatable bonds is 5. The molecule has 2 aromatic rings. The molecule has 0 N–H and O–H groups in total. The number of esters is 1. The highest BCUT2D eigenvalue weighted by molar-refractivity contribution is 6.07. The van der Waals surface area contributed by atoms with Crippen molar-refractivity contribution in [2.45, 2.75) is 13.3 Å². The Hall–Kier alpha value is -3.08. The molecule has 128 valence electrons. The van der Waals surface area contributed by atoms with E-state index in [1.165, 1.54) is 0 Å². The highest BCUT2D eigenvalue weighted by Crippen LogP contribution is 2.28. The zero-order valence-corrected chi connectivity index (χ0v) is 14.4. The van der Waals surface area contributed by atoms with Gasteiger partial charge in [-0.25, -0.2) is 9.79 Å². The van der Waals surface area contributed by atoms with Crippen molar-refractivity contribution in [2.24, 2.45) is 4.99 Å². The van der Waals surface area contributed by atoms with Crippen molar-refractivity contribution in [3.05, 3.63) is 64.9 Å². The molecular formula is C20H19NO4. The summed E-state index contributed by atoms with van der Waals surface area (Å²) in [6, 6.07) is 13.4. The number of hydrogen-bond acceptors (Lipinski definition) is 5. The number of carbonyl (C=O) groups excluding carboxylic acids is 1. The number of nitrogens with zero attached hydrogens (tertiary/aromatic N) is 1. The Morgan fingerprint density at radius 2 is 1.88 bits per heavy atom. The molecule has 5 nitrogen and oxygen atoms in total. The first-order valence-electron chi connectivity index (χ1n) is 7.88. The standard InChI is InChI=1S/C20H19NO4/c1-13-5-4-6-14(9-13)10-16-20(22)25-19(21-16)12-15-7-8-17(23-2)18(11-15)24-3/h4-11H,12H2,1-3H3/b16-10+. The van der Waals surface area contributed by atoms with Gasteiger partial charge >= 0.3 is 5.97 Å². The van der Waals surface area contributed by atoms with E-state index < -0.39 is 5.97 Å². The summed E-state index contributed by atoms with van der Waals surface area (Å²) in [5.41, 5.74) is 3.26. The Morgan fingerprint density at radius 3 is 2.60 bits per heavy atom. The molecule has 0 saturated heterocycles. The molecule has 3 rings (SSSR count). The zero-order chi connectivity index (χ0) is 17.8. The number of benzene rings is 2. The van der Waals surface area contributed by atoms with E-state index in [0.29, 0.717) is 29.5 Å². The van der Waals surface area contributed by atoms with Crippen molar-refractivity contribution in [1.29, 1.82) is 0 Å². The molecule has 0 spiro atoms. The van der Waals surface area contributed by atoms with Crippen LogP contribution in [0, 0.1) is 6.92 Å². The second kappa shape index (κ2) is 7.21. The molecule has 1 aliphatic rings. The molecule has 2 aromatic carbocycles. The van der Waals surface area contributed by atoms with Crippen LogP contribution in [-0.2, 0) is 16.0 Å². The van der Waals surface area contributed by atoms with Crippen molar-refractivity contribution in [3.8, 4) is 11.5 Å². The van der Waals surface area contributed by atoms with Crippen LogP contribution in [-0.4, -0.2) is 26.1 Å². The fourth-order valence-electron chi connectivity index (χ4n) is 2.61. The predicted octanol–water partition coefficient (Wildman–Crippen LogP) is 3.55. The first kappa shape index (κ1) is 16.8. The van der Waals surface area contributed by atoms with Gasteiger partial charge in [-0.1, -0.05) is 35.9 Å². The summed E-state index contributed by atoms with van der Waals surface area (Å²) >= 11 is 0. The molecule has 1 heterocycles. The van der Waals surface area contributed by atoms with Crippen molar-refractivity contribution >= 4 is 17.9 Å². The van der Waals surface area contributed by atoms with Crippen molar-refractivity contribution in [1.82, 2.24) is 0 Å². The topological polar surface area (TPSA) is 57.1 Å². The van der Waals surface area contributed by atoms with Gasteiger partial charge in [0, 0.05) is 6.42 Å². The monoisotopic (exact) mass is 337 g/mol. The van der Waals surface area contributed by atoms with Crippen LogP contribution in [0.5, 0.6) is 11.5 Å². The minimum atomic E-state index is -0.433. The number of cyclic esters (lactones) is 1. The Kier molecular flexibility index (Phi) is 4.84. The SMILES string of the molecule is COc1ccc(CC2=N/C(=C/c3cccc(C)c3)C(=O)O2)cc1OC. The molecule has 0 radical (unpaired) electrons. The molecule has 0 atom stereocenters. The number of hydrogen-bond donors (Lipinski definition) is 0. The van der Waals surface area contributed by atoms with E-state index in [-0.39, 0.29) is 0 Å². The number of aryl methyl sites for hydroxylation is 1. The highest BCUT2D eigenvalue weighted by Gasteiger charge is 2.23. The Morgan fingerprint density at radius 1 is 1.08 bits per heavy atom. The Bertz CT molecular complexity index is 868. The quantitative estimate of drug-likeness (QED) is 0.618. The van der Waals surface area contributed by atoms with Gasteiger partial charge in [0.05, 0.1) is 14.2 Å². The van der Waals surface area contributed by atoms with Crippen molar-refractivity contribution in [2.75, 3.05) is 14.2 Å². The summed E-state index contributed by atoms with van der Waals surface area (Å²) in [6.07, 6.45) is 2.13. The van der Waals surface area contributed by atoms with Crippen LogP contribution in [0.25, 0.3) is 6.08 Å². The first-order chi connectivity index (χ1) is 12.1. The van der Waals surface area contributed by atoms with Crippen molar-refractivity contribution in [3.63, 3.8) is 0 Å². The first-order valence-corrected chi connectivity index (χ1v) is 7.88. The zero-order valence-electron chi connectivity index (χ0n) is 14.4. The van der Waals surface area contributed by atoms with Crippen LogP contribution in [0.3, 0.4) is 0 Å². The largest absolute Gasteiger partial charge is 0.493 e. The smallest absolute Gasteiger partial charge is 0.363 e. The summed E-state index contributed by atoms with van der Waals surface area (Å²) in [6.45, 7) is 2.00. The third-order valence-electron chi connectivity index (χ3n) is 3.81. The number of carbonyl (C=O) groups is 1. The second-order valence-electron chi connectivity index (χ2n) is 5.70. The van der Waals surface area contributed by atoms with E-state index in [1.54, 1.807) is 20.3 Å². The lowest BCUT2D eigenvalue weighted by molar-refractivity contribution is -0.130. The van der Waals surface area contributed by atoms with Gasteiger partial charge in [0.15, 0.2) is 17.2 Å². The molecule has 0 bridgehead atoms. The van der Waals surface area contributed by atoms with Crippen LogP contribution in [0.4, 0.5) is 0 Å². The molecular weight excluding hydrogens is 318 g/mol. The van der Waals surface area contributed by atoms with E-state index in [4.69, 9.17) is 14.2 Å². The molecule has 0 fully saturated rings. The third-order valence-corrected chi connectivity index (χ3v) is 3.81. The second-order valence-corrected chi connectivity index (χ2v) is 5.70. The average molecular weight is 337 g/mol. The van der Waals surface area contributed by atoms with E-state index in [9.17, 15) is 4.79 Å². The van der Waals surface area contributed by atoms with Gasteiger partial charge in [0.25, 0.3) is 0 Å². The Balaban J connectivity index is 1.81. The van der Waals surface area contributed by atoms with Gasteiger partial charge in [-0.3, -0.25) is 0 Å². The summed E-state index contributed by atoms with van der Waals surface area (Å²) in [7, 11) is 3.17. The molecule has 0 aromatic heterocycles. The van der Waals surface area contributed by atoms with Gasteiger partial charge < -0.3 is 14.2 Å². The number of ether oxygens (including phenoxy) is 3. The summed E-state index contributed by atoms with van der Waals surface area (Å²) in [4.78, 5) is 16.4. The van der Waals surface area contributed by atoms with E-state index in [1.807, 2.05) is 49.4 Å². The molecule has 0 amide bonds. The van der Waals surface area contributed by atoms with Gasteiger partial charge in [-0.2, -0.15) is 0 Å². The van der Waals surface area contributed by atoms with Gasteiger partial charge in [0.1, 0.15) is 0 Å². The molecule has 5 heteroatoms. The lowest BCUT2D eigenvalue weighted by atomic mass is 10.1. The van der Waals surface area contributed by atoms with Crippen LogP contribution >= 0.6 is 0 Å². The minimum absolute atomic E-state index is 0.307. The predicted molar refractivity (Wildman–Crippen MR) is 95.9 cm³/mol. The fourth-order valence-corrected chi connectivity index (χ4v) is 2.61. The van der Waals surface area contributed by atoms with Crippen LogP contribution in [0.1, 0.15) is 16.7 Å². The van der Waals surface area contributed by atoms with Crippen LogP contribution in [0.15, 0.2) is 53.2 Å². The summed E-state index contributed by atoms with van der Waals surface area (Å²) in [5, 5.41) is 0. The van der Waals surface area contributed by atoms with E-state index in [0.717, 1.165) is 16.7 Å². The van der Waals surface area contributed by atoms with Crippen LogP contribution < -0.4 is 9.47 Å². The number of aliphatic imine (C=N–C) groups is 1. The van der Waals surface area contributed by atoms with E-state index in [2.05, 4.69) is 4.99 Å². The number of methoxy groups -OCH3 is 2. The molecule has 1 aliphatic heterocycles. The molecule has 0 unspecified atom stereocenters. The molecule has 0 saturated carbocycles. The lowest BCUT2D eigenvalue weighted by Gasteiger charge is -2.09. The van der Waals surface area contributed by atoms with E-state index >= 15 is 0 Å². The third kappa shape index (κ3) is 3.88. The average Bonchev–Trinajstić information content (AvgIpc) is 2.94. The Labute approximate surface area is 146 Å². The minimum Gasteiger partial charge on any atom is -0.493 e. The maximum Gasteiger partial charge on any atom is 0.363 e. The summed E-state index contributed by atoms with van der Waals surface area (Å²) < 4.78 is 15.8.